The second kappa shape index (κ2) is 7.10. The molecule has 0 aliphatic carbocycles. The van der Waals surface area contributed by atoms with Crippen molar-refractivity contribution in [3.8, 4) is 0 Å². The molecular weight excluding hydrogens is 250 g/mol. The molecular formula is C16H23N3O. The smallest absolute Gasteiger partial charge is 0.221 e. The van der Waals surface area contributed by atoms with Crippen molar-refractivity contribution in [2.24, 2.45) is 0 Å². The largest absolute Gasteiger partial charge is 0.359 e. The van der Waals surface area contributed by atoms with Gasteiger partial charge in [-0.25, -0.2) is 0 Å². The Hall–Kier alpha value is -1.81. The van der Waals surface area contributed by atoms with E-state index < -0.39 is 0 Å². The molecule has 4 nitrogen and oxygen atoms in total. The summed E-state index contributed by atoms with van der Waals surface area (Å²) in [6, 6.07) is 8.63. The SMILES string of the molecule is CCCNCc1ccc2c(ccn2CCC(=O)NC)c1. The first-order valence-corrected chi connectivity index (χ1v) is 7.23. The average Bonchev–Trinajstić information content (AvgIpc) is 2.87. The summed E-state index contributed by atoms with van der Waals surface area (Å²) in [5, 5.41) is 7.30. The first-order valence-electron chi connectivity index (χ1n) is 7.23. The van der Waals surface area contributed by atoms with Gasteiger partial charge in [-0.15, -0.1) is 0 Å². The van der Waals surface area contributed by atoms with Gasteiger partial charge in [0.05, 0.1) is 0 Å². The van der Waals surface area contributed by atoms with Crippen molar-refractivity contribution in [2.45, 2.75) is 32.9 Å². The lowest BCUT2D eigenvalue weighted by molar-refractivity contribution is -0.120. The van der Waals surface area contributed by atoms with Crippen LogP contribution in [-0.2, 0) is 17.9 Å². The van der Waals surface area contributed by atoms with Crippen LogP contribution < -0.4 is 10.6 Å². The van der Waals surface area contributed by atoms with Crippen LogP contribution in [0.5, 0.6) is 0 Å². The fraction of sp³-hybridized carbons (Fsp3) is 0.438. The maximum absolute atomic E-state index is 11.3. The van der Waals surface area contributed by atoms with Crippen molar-refractivity contribution in [3.05, 3.63) is 36.0 Å². The van der Waals surface area contributed by atoms with Gasteiger partial charge in [0.2, 0.25) is 5.91 Å². The molecule has 0 unspecified atom stereocenters. The van der Waals surface area contributed by atoms with Crippen LogP contribution in [0.1, 0.15) is 25.3 Å². The minimum atomic E-state index is 0.0761. The van der Waals surface area contributed by atoms with E-state index in [-0.39, 0.29) is 5.91 Å². The van der Waals surface area contributed by atoms with Gasteiger partial charge in [0.1, 0.15) is 0 Å². The number of nitrogens with zero attached hydrogens (tertiary/aromatic N) is 1. The van der Waals surface area contributed by atoms with Crippen molar-refractivity contribution in [1.29, 1.82) is 0 Å². The van der Waals surface area contributed by atoms with Gasteiger partial charge in [-0.1, -0.05) is 13.0 Å². The fourth-order valence-corrected chi connectivity index (χ4v) is 2.31. The Morgan fingerprint density at radius 1 is 1.30 bits per heavy atom. The number of fused-ring (bicyclic) bond motifs is 1. The van der Waals surface area contributed by atoms with Crippen molar-refractivity contribution in [1.82, 2.24) is 15.2 Å². The third-order valence-corrected chi connectivity index (χ3v) is 3.45. The summed E-state index contributed by atoms with van der Waals surface area (Å²) in [6.45, 7) is 4.84. The average molecular weight is 273 g/mol. The lowest BCUT2D eigenvalue weighted by Gasteiger charge is -2.07. The first-order chi connectivity index (χ1) is 9.74. The Morgan fingerprint density at radius 3 is 2.90 bits per heavy atom. The molecule has 0 spiro atoms. The van der Waals surface area contributed by atoms with Crippen molar-refractivity contribution in [3.63, 3.8) is 0 Å². The van der Waals surface area contributed by atoms with Crippen LogP contribution in [-0.4, -0.2) is 24.1 Å². The van der Waals surface area contributed by atoms with Crippen LogP contribution in [0.25, 0.3) is 10.9 Å². The number of nitrogens with one attached hydrogen (secondary N) is 2. The molecule has 1 amide bonds. The number of aromatic nitrogens is 1. The minimum absolute atomic E-state index is 0.0761. The van der Waals surface area contributed by atoms with E-state index in [4.69, 9.17) is 0 Å². The van der Waals surface area contributed by atoms with E-state index in [0.717, 1.165) is 26.1 Å². The zero-order chi connectivity index (χ0) is 14.4. The molecule has 2 rings (SSSR count). The molecule has 0 saturated heterocycles. The molecule has 108 valence electrons. The molecule has 0 radical (unpaired) electrons. The molecule has 2 N–H and O–H groups in total. The number of carbonyl (C=O) groups excluding carboxylic acids is 1. The number of amides is 1. The van der Waals surface area contributed by atoms with Crippen LogP contribution >= 0.6 is 0 Å². The van der Waals surface area contributed by atoms with Crippen LogP contribution in [0, 0.1) is 0 Å². The predicted octanol–water partition coefficient (Wildman–Crippen LogP) is 2.28. The predicted molar refractivity (Wildman–Crippen MR) is 82.6 cm³/mol. The molecule has 2 aromatic rings. The summed E-state index contributed by atoms with van der Waals surface area (Å²) in [7, 11) is 1.67. The Morgan fingerprint density at radius 2 is 2.15 bits per heavy atom. The second-order valence-corrected chi connectivity index (χ2v) is 5.00. The van der Waals surface area contributed by atoms with Gasteiger partial charge in [0.25, 0.3) is 0 Å². The fourth-order valence-electron chi connectivity index (χ4n) is 2.31. The van der Waals surface area contributed by atoms with E-state index in [1.807, 2.05) is 0 Å². The summed E-state index contributed by atoms with van der Waals surface area (Å²) in [5.74, 6) is 0.0761. The summed E-state index contributed by atoms with van der Waals surface area (Å²) in [4.78, 5) is 11.3. The van der Waals surface area contributed by atoms with Gasteiger partial charge in [0.15, 0.2) is 0 Å². The highest BCUT2D eigenvalue weighted by Gasteiger charge is 2.04. The lowest BCUT2D eigenvalue weighted by Crippen LogP contribution is -2.19. The van der Waals surface area contributed by atoms with Gasteiger partial charge < -0.3 is 15.2 Å². The molecule has 1 heterocycles. The van der Waals surface area contributed by atoms with Gasteiger partial charge in [-0.3, -0.25) is 4.79 Å². The summed E-state index contributed by atoms with van der Waals surface area (Å²) < 4.78 is 2.13. The van der Waals surface area contributed by atoms with E-state index in [9.17, 15) is 4.79 Å². The Bertz CT molecular complexity index is 574. The molecule has 1 aromatic carbocycles. The van der Waals surface area contributed by atoms with E-state index >= 15 is 0 Å². The van der Waals surface area contributed by atoms with Gasteiger partial charge in [-0.05, 0) is 42.1 Å². The summed E-state index contributed by atoms with van der Waals surface area (Å²) >= 11 is 0. The van der Waals surface area contributed by atoms with Crippen LogP contribution in [0.4, 0.5) is 0 Å². The molecule has 0 bridgehead atoms. The third kappa shape index (κ3) is 3.61. The minimum Gasteiger partial charge on any atom is -0.359 e. The number of carbonyl (C=O) groups is 1. The summed E-state index contributed by atoms with van der Waals surface area (Å²) in [5.41, 5.74) is 2.49. The molecule has 0 fully saturated rings. The standard InChI is InChI=1S/C16H23N3O/c1-3-8-18-12-13-4-5-15-14(11-13)6-9-19(15)10-7-16(20)17-2/h4-6,9,11,18H,3,7-8,10,12H2,1-2H3,(H,17,20). The first kappa shape index (κ1) is 14.6. The van der Waals surface area contributed by atoms with E-state index in [2.05, 4.69) is 52.6 Å². The number of hydrogen-bond acceptors (Lipinski definition) is 2. The summed E-state index contributed by atoms with van der Waals surface area (Å²) in [6.07, 6.45) is 3.72. The van der Waals surface area contributed by atoms with Crippen LogP contribution in [0.2, 0.25) is 0 Å². The topological polar surface area (TPSA) is 46.1 Å². The second-order valence-electron chi connectivity index (χ2n) is 5.00. The van der Waals surface area contributed by atoms with Crippen molar-refractivity contribution >= 4 is 16.8 Å². The molecule has 0 atom stereocenters. The van der Waals surface area contributed by atoms with Gasteiger partial charge in [-0.2, -0.15) is 0 Å². The van der Waals surface area contributed by atoms with Crippen molar-refractivity contribution in [2.75, 3.05) is 13.6 Å². The highest BCUT2D eigenvalue weighted by Crippen LogP contribution is 2.18. The quantitative estimate of drug-likeness (QED) is 0.760. The van der Waals surface area contributed by atoms with E-state index in [1.165, 1.54) is 16.5 Å². The number of aryl methyl sites for hydroxylation is 1. The van der Waals surface area contributed by atoms with Gasteiger partial charge >= 0.3 is 0 Å². The maximum atomic E-state index is 11.3. The van der Waals surface area contributed by atoms with Crippen LogP contribution in [0.15, 0.2) is 30.5 Å². The highest BCUT2D eigenvalue weighted by atomic mass is 16.1. The molecule has 4 heteroatoms. The van der Waals surface area contributed by atoms with Crippen LogP contribution in [0.3, 0.4) is 0 Å². The molecule has 20 heavy (non-hydrogen) atoms. The molecule has 0 saturated carbocycles. The molecule has 0 aliphatic rings. The number of rotatable bonds is 7. The maximum Gasteiger partial charge on any atom is 0.221 e. The normalized spacial score (nSPS) is 10.9. The zero-order valence-corrected chi connectivity index (χ0v) is 12.3. The number of benzene rings is 1. The molecule has 1 aromatic heterocycles. The van der Waals surface area contributed by atoms with Crippen molar-refractivity contribution < 1.29 is 4.79 Å². The van der Waals surface area contributed by atoms with Gasteiger partial charge in [0, 0.05) is 38.3 Å². The Balaban J connectivity index is 2.06. The zero-order valence-electron chi connectivity index (χ0n) is 12.3. The van der Waals surface area contributed by atoms with E-state index in [0.29, 0.717) is 6.42 Å². The van der Waals surface area contributed by atoms with E-state index in [1.54, 1.807) is 7.05 Å². The number of hydrogen-bond donors (Lipinski definition) is 2. The monoisotopic (exact) mass is 273 g/mol. The lowest BCUT2D eigenvalue weighted by atomic mass is 10.1. The highest BCUT2D eigenvalue weighted by molar-refractivity contribution is 5.81. The molecule has 0 aliphatic heterocycles. The Kier molecular flexibility index (Phi) is 5.18. The third-order valence-electron chi connectivity index (χ3n) is 3.45. The Labute approximate surface area is 120 Å².